The Hall–Kier alpha value is -0.550. The fraction of sp³-hybridized carbons (Fsp3) is 0.857. The van der Waals surface area contributed by atoms with Crippen LogP contribution < -0.4 is 0 Å². The summed E-state index contributed by atoms with van der Waals surface area (Å²) < 4.78 is 5.68. The molecule has 0 N–H and O–H groups in total. The lowest BCUT2D eigenvalue weighted by Gasteiger charge is -2.22. The second kappa shape index (κ2) is 6.75. The Balaban J connectivity index is 1.85. The van der Waals surface area contributed by atoms with Crippen molar-refractivity contribution in [2.45, 2.75) is 63.8 Å². The molecule has 1 aliphatic carbocycles. The van der Waals surface area contributed by atoms with Crippen molar-refractivity contribution in [1.29, 1.82) is 0 Å². The summed E-state index contributed by atoms with van der Waals surface area (Å²) in [6.45, 7) is 7.16. The molecule has 2 atom stereocenters. The van der Waals surface area contributed by atoms with Crippen LogP contribution in [0.1, 0.15) is 57.7 Å². The summed E-state index contributed by atoms with van der Waals surface area (Å²) in [5, 5.41) is 9.07. The van der Waals surface area contributed by atoms with Gasteiger partial charge < -0.3 is 4.42 Å². The first kappa shape index (κ1) is 14.9. The molecule has 1 aliphatic rings. The van der Waals surface area contributed by atoms with E-state index in [1.807, 2.05) is 0 Å². The lowest BCUT2D eigenvalue weighted by molar-refractivity contribution is 0.213. The van der Waals surface area contributed by atoms with Crippen molar-refractivity contribution in [2.24, 2.45) is 0 Å². The molecule has 0 aromatic carbocycles. The first-order chi connectivity index (χ1) is 9.10. The highest BCUT2D eigenvalue weighted by atomic mass is 32.2. The predicted molar refractivity (Wildman–Crippen MR) is 79.4 cm³/mol. The molecule has 2 rings (SSSR count). The van der Waals surface area contributed by atoms with Crippen LogP contribution >= 0.6 is 11.8 Å². The topological polar surface area (TPSA) is 42.2 Å². The first-order valence-electron chi connectivity index (χ1n) is 7.24. The summed E-state index contributed by atoms with van der Waals surface area (Å²) in [4.78, 5) is 2.37. The maximum absolute atomic E-state index is 5.68. The van der Waals surface area contributed by atoms with Crippen LogP contribution in [0.15, 0.2) is 4.42 Å². The molecule has 0 amide bonds. The van der Waals surface area contributed by atoms with Gasteiger partial charge in [-0.3, -0.25) is 4.90 Å². The fourth-order valence-corrected chi connectivity index (χ4v) is 3.74. The van der Waals surface area contributed by atoms with E-state index in [1.165, 1.54) is 25.0 Å². The van der Waals surface area contributed by atoms with E-state index < -0.39 is 0 Å². The van der Waals surface area contributed by atoms with Gasteiger partial charge in [-0.15, -0.1) is 10.2 Å². The highest BCUT2D eigenvalue weighted by Crippen LogP contribution is 2.32. The van der Waals surface area contributed by atoms with E-state index in [4.69, 9.17) is 4.42 Å². The summed E-state index contributed by atoms with van der Waals surface area (Å²) in [6.07, 6.45) is 3.92. The van der Waals surface area contributed by atoms with Crippen molar-refractivity contribution >= 4 is 11.8 Å². The minimum absolute atomic E-state index is 0.309. The van der Waals surface area contributed by atoms with Crippen LogP contribution in [0, 0.1) is 0 Å². The number of thioether (sulfide) groups is 1. The van der Waals surface area contributed by atoms with Gasteiger partial charge in [0.25, 0.3) is 0 Å². The molecule has 1 saturated carbocycles. The molecule has 19 heavy (non-hydrogen) atoms. The Kier molecular flexibility index (Phi) is 5.28. The molecule has 1 aromatic heterocycles. The Morgan fingerprint density at radius 1 is 1.37 bits per heavy atom. The van der Waals surface area contributed by atoms with E-state index in [0.717, 1.165) is 23.6 Å². The minimum Gasteiger partial charge on any atom is -0.424 e. The van der Waals surface area contributed by atoms with Gasteiger partial charge in [-0.25, -0.2) is 0 Å². The zero-order valence-electron chi connectivity index (χ0n) is 12.4. The first-order valence-corrected chi connectivity index (χ1v) is 8.29. The Labute approximate surface area is 120 Å². The van der Waals surface area contributed by atoms with E-state index in [-0.39, 0.29) is 0 Å². The van der Waals surface area contributed by atoms with Gasteiger partial charge in [0, 0.05) is 17.2 Å². The summed E-state index contributed by atoms with van der Waals surface area (Å²) >= 11 is 2.10. The highest BCUT2D eigenvalue weighted by molar-refractivity contribution is 7.99. The van der Waals surface area contributed by atoms with Crippen molar-refractivity contribution in [3.05, 3.63) is 11.8 Å². The van der Waals surface area contributed by atoms with E-state index >= 15 is 0 Å². The smallest absolute Gasteiger partial charge is 0.230 e. The van der Waals surface area contributed by atoms with E-state index in [9.17, 15) is 0 Å². The van der Waals surface area contributed by atoms with Crippen molar-refractivity contribution < 1.29 is 4.42 Å². The molecule has 0 radical (unpaired) electrons. The van der Waals surface area contributed by atoms with Gasteiger partial charge in [0.1, 0.15) is 0 Å². The maximum Gasteiger partial charge on any atom is 0.230 e. The number of hydrogen-bond acceptors (Lipinski definition) is 5. The third-order valence-electron chi connectivity index (χ3n) is 3.74. The lowest BCUT2D eigenvalue weighted by Crippen LogP contribution is -2.29. The summed E-state index contributed by atoms with van der Waals surface area (Å²) in [7, 11) is 2.17. The molecular formula is C14H25N3OS. The molecule has 0 bridgehead atoms. The highest BCUT2D eigenvalue weighted by Gasteiger charge is 2.28. The monoisotopic (exact) mass is 283 g/mol. The van der Waals surface area contributed by atoms with Crippen molar-refractivity contribution in [1.82, 2.24) is 15.1 Å². The average Bonchev–Trinajstić information content (AvgIpc) is 2.98. The van der Waals surface area contributed by atoms with Gasteiger partial charge in [-0.05, 0) is 32.1 Å². The second-order valence-electron chi connectivity index (χ2n) is 5.65. The van der Waals surface area contributed by atoms with Crippen LogP contribution in [-0.4, -0.2) is 39.2 Å². The normalized spacial score (nSPS) is 23.7. The minimum atomic E-state index is 0.309. The third kappa shape index (κ3) is 3.96. The predicted octanol–water partition coefficient (Wildman–Crippen LogP) is 3.30. The maximum atomic E-state index is 5.68. The zero-order chi connectivity index (χ0) is 13.8. The molecule has 0 spiro atoms. The molecular weight excluding hydrogens is 258 g/mol. The van der Waals surface area contributed by atoms with Gasteiger partial charge in [0.05, 0.1) is 6.54 Å². The molecule has 1 fully saturated rings. The van der Waals surface area contributed by atoms with Gasteiger partial charge >= 0.3 is 0 Å². The molecule has 0 aliphatic heterocycles. The molecule has 5 heteroatoms. The molecule has 4 nitrogen and oxygen atoms in total. The van der Waals surface area contributed by atoms with Gasteiger partial charge in [-0.2, -0.15) is 11.8 Å². The van der Waals surface area contributed by atoms with Crippen LogP contribution in [-0.2, 0) is 6.54 Å². The second-order valence-corrected chi connectivity index (χ2v) is 7.23. The standard InChI is InChI=1S/C14H25N3OS/c1-5-19-12-7-6-11(8-12)17(4)9-13-15-16-14(18-13)10(2)3/h10-12H,5-9H2,1-4H3/t11-,12+/m1/s1. The van der Waals surface area contributed by atoms with Crippen molar-refractivity contribution in [3.63, 3.8) is 0 Å². The fourth-order valence-electron chi connectivity index (χ4n) is 2.61. The number of hydrogen-bond donors (Lipinski definition) is 0. The van der Waals surface area contributed by atoms with E-state index in [2.05, 4.69) is 54.7 Å². The quantitative estimate of drug-likeness (QED) is 0.801. The summed E-state index contributed by atoms with van der Waals surface area (Å²) in [5.74, 6) is 3.03. The molecule has 108 valence electrons. The van der Waals surface area contributed by atoms with Crippen LogP contribution in [0.2, 0.25) is 0 Å². The number of nitrogens with zero attached hydrogens (tertiary/aromatic N) is 3. The van der Waals surface area contributed by atoms with Gasteiger partial charge in [-0.1, -0.05) is 20.8 Å². The third-order valence-corrected chi connectivity index (χ3v) is 4.98. The Bertz CT molecular complexity index is 394. The van der Waals surface area contributed by atoms with E-state index in [1.54, 1.807) is 0 Å². The van der Waals surface area contributed by atoms with Crippen molar-refractivity contribution in [3.8, 4) is 0 Å². The average molecular weight is 283 g/mol. The molecule has 1 aromatic rings. The largest absolute Gasteiger partial charge is 0.424 e. The van der Waals surface area contributed by atoms with Crippen LogP contribution in [0.4, 0.5) is 0 Å². The SMILES string of the molecule is CCS[C@H]1CC[C@@H](N(C)Cc2nnc(C(C)C)o2)C1. The lowest BCUT2D eigenvalue weighted by atomic mass is 10.2. The molecule has 0 unspecified atom stereocenters. The summed E-state index contributed by atoms with van der Waals surface area (Å²) in [6, 6.07) is 0.665. The van der Waals surface area contributed by atoms with Crippen LogP contribution in [0.3, 0.4) is 0 Å². The zero-order valence-corrected chi connectivity index (χ0v) is 13.2. The van der Waals surface area contributed by atoms with E-state index in [0.29, 0.717) is 12.0 Å². The van der Waals surface area contributed by atoms with Gasteiger partial charge in [0.15, 0.2) is 0 Å². The van der Waals surface area contributed by atoms with Gasteiger partial charge in [0.2, 0.25) is 11.8 Å². The molecule has 0 saturated heterocycles. The Morgan fingerprint density at radius 3 is 2.79 bits per heavy atom. The summed E-state index contributed by atoms with van der Waals surface area (Å²) in [5.41, 5.74) is 0. The van der Waals surface area contributed by atoms with Crippen LogP contribution in [0.5, 0.6) is 0 Å². The number of rotatable bonds is 6. The van der Waals surface area contributed by atoms with Crippen LogP contribution in [0.25, 0.3) is 0 Å². The Morgan fingerprint density at radius 2 is 2.16 bits per heavy atom. The number of aromatic nitrogens is 2. The molecule has 1 heterocycles. The van der Waals surface area contributed by atoms with Crippen molar-refractivity contribution in [2.75, 3.05) is 12.8 Å².